The van der Waals surface area contributed by atoms with Gasteiger partial charge in [-0.3, -0.25) is 14.3 Å². The molecule has 0 aromatic heterocycles. The summed E-state index contributed by atoms with van der Waals surface area (Å²) in [5, 5.41) is 13.5. The minimum Gasteiger partial charge on any atom is -0.316 e. The number of nitro groups is 1. The van der Waals surface area contributed by atoms with Crippen molar-refractivity contribution >= 4 is 16.5 Å². The zero-order valence-electron chi connectivity index (χ0n) is 9.60. The lowest BCUT2D eigenvalue weighted by Gasteiger charge is -2.26. The van der Waals surface area contributed by atoms with E-state index in [-0.39, 0.29) is 5.75 Å². The van der Waals surface area contributed by atoms with Crippen molar-refractivity contribution in [2.75, 3.05) is 18.8 Å². The summed E-state index contributed by atoms with van der Waals surface area (Å²) >= 11 is 0. The van der Waals surface area contributed by atoms with Crippen molar-refractivity contribution in [2.45, 2.75) is 5.75 Å². The normalized spacial score (nSPS) is 17.2. The van der Waals surface area contributed by atoms with Crippen LogP contribution in [0.25, 0.3) is 0 Å². The van der Waals surface area contributed by atoms with Gasteiger partial charge in [-0.15, -0.1) is 0 Å². The Balaban J connectivity index is 1.98. The van der Waals surface area contributed by atoms with Crippen LogP contribution in [0, 0.1) is 21.8 Å². The smallest absolute Gasteiger partial charge is 0.304 e. The first-order valence-corrected chi connectivity index (χ1v) is 7.03. The van der Waals surface area contributed by atoms with E-state index in [0.717, 1.165) is 25.2 Å². The van der Waals surface area contributed by atoms with Gasteiger partial charge in [-0.25, -0.2) is 0 Å². The zero-order chi connectivity index (χ0) is 13.1. The van der Waals surface area contributed by atoms with Gasteiger partial charge in [0, 0.05) is 41.5 Å². The molecule has 1 unspecified atom stereocenters. The molecular weight excluding hydrogens is 259 g/mol. The summed E-state index contributed by atoms with van der Waals surface area (Å²) in [5.41, 5.74) is -0.0172. The number of benzene rings is 1. The first-order chi connectivity index (χ1) is 8.56. The lowest BCUT2D eigenvalue weighted by molar-refractivity contribution is -0.387. The number of hydrogen-bond donors (Lipinski definition) is 1. The molecule has 5 nitrogen and oxygen atoms in total. The highest BCUT2D eigenvalue weighted by atomic mass is 32.2. The molecule has 1 saturated heterocycles. The van der Waals surface area contributed by atoms with Gasteiger partial charge in [0.25, 0.3) is 0 Å². The standard InChI is InChI=1S/C11H13FN2O3S/c12-10-3-8(1-2-11(10)14(15)16)6-18(17)7-9-4-13-5-9/h1-3,9,13H,4-7H2. The Labute approximate surface area is 106 Å². The Morgan fingerprint density at radius 2 is 2.22 bits per heavy atom. The Bertz CT molecular complexity index is 491. The Kier molecular flexibility index (Phi) is 4.03. The molecule has 0 spiro atoms. The van der Waals surface area contributed by atoms with Crippen molar-refractivity contribution in [1.29, 1.82) is 0 Å². The van der Waals surface area contributed by atoms with E-state index in [1.54, 1.807) is 0 Å². The number of hydrogen-bond acceptors (Lipinski definition) is 4. The van der Waals surface area contributed by atoms with Gasteiger partial charge in [0.1, 0.15) is 0 Å². The summed E-state index contributed by atoms with van der Waals surface area (Å²) in [6.07, 6.45) is 0. The second-order valence-corrected chi connectivity index (χ2v) is 5.82. The maximum atomic E-state index is 13.3. The Morgan fingerprint density at radius 1 is 1.50 bits per heavy atom. The van der Waals surface area contributed by atoms with E-state index in [9.17, 15) is 18.7 Å². The SMILES string of the molecule is O=[N+]([O-])c1ccc(CS(=O)CC2CNC2)cc1F. The van der Waals surface area contributed by atoms with E-state index < -0.39 is 27.2 Å². The predicted octanol–water partition coefficient (Wildman–Crippen LogP) is 1.20. The van der Waals surface area contributed by atoms with Crippen LogP contribution in [-0.4, -0.2) is 28.0 Å². The highest BCUT2D eigenvalue weighted by Crippen LogP contribution is 2.19. The molecule has 1 N–H and O–H groups in total. The van der Waals surface area contributed by atoms with Crippen LogP contribution >= 0.6 is 0 Å². The van der Waals surface area contributed by atoms with Crippen LogP contribution in [0.5, 0.6) is 0 Å². The number of nitrogens with zero attached hydrogens (tertiary/aromatic N) is 1. The van der Waals surface area contributed by atoms with Gasteiger partial charge in [-0.2, -0.15) is 4.39 Å². The van der Waals surface area contributed by atoms with Crippen LogP contribution in [0.1, 0.15) is 5.56 Å². The molecule has 1 aliphatic rings. The van der Waals surface area contributed by atoms with Gasteiger partial charge in [0.05, 0.1) is 4.92 Å². The third-order valence-corrected chi connectivity index (χ3v) is 4.32. The van der Waals surface area contributed by atoms with Gasteiger partial charge < -0.3 is 5.32 Å². The fraction of sp³-hybridized carbons (Fsp3) is 0.455. The summed E-state index contributed by atoms with van der Waals surface area (Å²) in [6, 6.07) is 3.67. The summed E-state index contributed by atoms with van der Waals surface area (Å²) in [4.78, 5) is 9.68. The lowest BCUT2D eigenvalue weighted by atomic mass is 10.1. The fourth-order valence-corrected chi connectivity index (χ4v) is 3.19. The molecule has 7 heteroatoms. The molecule has 1 atom stereocenters. The highest BCUT2D eigenvalue weighted by molar-refractivity contribution is 7.84. The molecule has 0 bridgehead atoms. The fourth-order valence-electron chi connectivity index (χ4n) is 1.76. The number of nitrogens with one attached hydrogen (secondary N) is 1. The van der Waals surface area contributed by atoms with E-state index >= 15 is 0 Å². The van der Waals surface area contributed by atoms with Crippen LogP contribution in [0.15, 0.2) is 18.2 Å². The van der Waals surface area contributed by atoms with Crippen molar-refractivity contribution in [1.82, 2.24) is 5.32 Å². The maximum Gasteiger partial charge on any atom is 0.304 e. The minimum absolute atomic E-state index is 0.241. The predicted molar refractivity (Wildman–Crippen MR) is 66.1 cm³/mol. The van der Waals surface area contributed by atoms with E-state index in [0.29, 0.717) is 17.2 Å². The van der Waals surface area contributed by atoms with E-state index in [1.807, 2.05) is 0 Å². The van der Waals surface area contributed by atoms with E-state index in [2.05, 4.69) is 5.32 Å². The average molecular weight is 272 g/mol. The summed E-state index contributed by atoms with van der Waals surface area (Å²) in [7, 11) is -1.05. The molecule has 1 aliphatic heterocycles. The topological polar surface area (TPSA) is 72.2 Å². The first-order valence-electron chi connectivity index (χ1n) is 5.55. The summed E-state index contributed by atoms with van der Waals surface area (Å²) < 4.78 is 25.1. The van der Waals surface area contributed by atoms with Crippen LogP contribution in [0.2, 0.25) is 0 Å². The second kappa shape index (κ2) is 5.53. The van der Waals surface area contributed by atoms with Gasteiger partial charge in [-0.05, 0) is 17.5 Å². The second-order valence-electron chi connectivity index (χ2n) is 4.32. The number of halogens is 1. The molecule has 0 saturated carbocycles. The third kappa shape index (κ3) is 3.11. The van der Waals surface area contributed by atoms with Crippen LogP contribution < -0.4 is 5.32 Å². The molecule has 0 aliphatic carbocycles. The third-order valence-electron chi connectivity index (χ3n) is 2.82. The Morgan fingerprint density at radius 3 is 2.72 bits per heavy atom. The number of rotatable bonds is 5. The van der Waals surface area contributed by atoms with Crippen molar-refractivity contribution in [3.8, 4) is 0 Å². The Hall–Kier alpha value is -1.34. The van der Waals surface area contributed by atoms with Crippen molar-refractivity contribution < 1.29 is 13.5 Å². The molecule has 98 valence electrons. The monoisotopic (exact) mass is 272 g/mol. The molecule has 1 aromatic carbocycles. The van der Waals surface area contributed by atoms with Gasteiger partial charge in [0.2, 0.25) is 5.82 Å². The maximum absolute atomic E-state index is 13.3. The minimum atomic E-state index is -1.05. The lowest BCUT2D eigenvalue weighted by Crippen LogP contribution is -2.44. The van der Waals surface area contributed by atoms with Gasteiger partial charge in [-0.1, -0.05) is 6.07 Å². The quantitative estimate of drug-likeness (QED) is 0.646. The first kappa shape index (κ1) is 13.1. The summed E-state index contributed by atoms with van der Waals surface area (Å²) in [6.45, 7) is 1.75. The molecule has 1 fully saturated rings. The molecular formula is C11H13FN2O3S. The van der Waals surface area contributed by atoms with E-state index in [1.165, 1.54) is 6.07 Å². The molecule has 2 rings (SSSR count). The van der Waals surface area contributed by atoms with Crippen LogP contribution in [-0.2, 0) is 16.6 Å². The van der Waals surface area contributed by atoms with Gasteiger partial charge >= 0.3 is 5.69 Å². The van der Waals surface area contributed by atoms with Crippen LogP contribution in [0.3, 0.4) is 0 Å². The van der Waals surface area contributed by atoms with E-state index in [4.69, 9.17) is 0 Å². The molecule has 0 radical (unpaired) electrons. The van der Waals surface area contributed by atoms with Crippen molar-refractivity contribution in [3.05, 3.63) is 39.7 Å². The van der Waals surface area contributed by atoms with Crippen LogP contribution in [0.4, 0.5) is 10.1 Å². The molecule has 0 amide bonds. The largest absolute Gasteiger partial charge is 0.316 e. The van der Waals surface area contributed by atoms with Crippen molar-refractivity contribution in [2.24, 2.45) is 5.92 Å². The summed E-state index contributed by atoms with van der Waals surface area (Å²) in [5.74, 6) is 0.380. The van der Waals surface area contributed by atoms with Crippen molar-refractivity contribution in [3.63, 3.8) is 0 Å². The van der Waals surface area contributed by atoms with Gasteiger partial charge in [0.15, 0.2) is 0 Å². The average Bonchev–Trinajstić information content (AvgIpc) is 2.23. The molecule has 1 heterocycles. The molecule has 1 aromatic rings. The zero-order valence-corrected chi connectivity index (χ0v) is 10.4. The number of nitro benzene ring substituents is 1. The molecule has 18 heavy (non-hydrogen) atoms. The highest BCUT2D eigenvalue weighted by Gasteiger charge is 2.20.